The molecule has 16 aromatic carbocycles. The van der Waals surface area contributed by atoms with Crippen LogP contribution in [0.2, 0.25) is 0 Å². The first-order valence-electron chi connectivity index (χ1n) is 40.6. The normalized spacial score (nSPS) is 11.3. The van der Waals surface area contributed by atoms with E-state index in [2.05, 4.69) is 243 Å². The Balaban J connectivity index is 0.000000153. The van der Waals surface area contributed by atoms with Gasteiger partial charge in [0.15, 0.2) is 34.9 Å². The highest BCUT2D eigenvalue weighted by Gasteiger charge is 2.24. The zero-order valence-electron chi connectivity index (χ0n) is 65.8. The van der Waals surface area contributed by atoms with Gasteiger partial charge in [0.1, 0.15) is 22.3 Å². The highest BCUT2D eigenvalue weighted by Crippen LogP contribution is 2.46. The van der Waals surface area contributed by atoms with Crippen LogP contribution in [0.4, 0.5) is 0 Å². The summed E-state index contributed by atoms with van der Waals surface area (Å²) in [4.78, 5) is 45.5. The Morgan fingerprint density at radius 1 is 0.139 bits per heavy atom. The van der Waals surface area contributed by atoms with Crippen LogP contribution in [0.1, 0.15) is 0 Å². The maximum atomic E-state index is 6.75. The van der Waals surface area contributed by atoms with Crippen molar-refractivity contribution >= 4 is 43.9 Å². The molecular formula is C111H71N9O2. The van der Waals surface area contributed by atoms with E-state index in [0.717, 1.165) is 184 Å². The molecular weight excluding hydrogens is 1490 g/mol. The van der Waals surface area contributed by atoms with E-state index < -0.39 is 0 Å². The van der Waals surface area contributed by atoms with E-state index in [9.17, 15) is 0 Å². The lowest BCUT2D eigenvalue weighted by Gasteiger charge is -2.12. The van der Waals surface area contributed by atoms with Gasteiger partial charge in [-0.2, -0.15) is 0 Å². The molecule has 0 amide bonds. The van der Waals surface area contributed by atoms with Gasteiger partial charge < -0.3 is 8.83 Å². The van der Waals surface area contributed by atoms with Crippen LogP contribution in [0.5, 0.6) is 0 Å². The summed E-state index contributed by atoms with van der Waals surface area (Å²) in [5.41, 5.74) is 28.6. The summed E-state index contributed by atoms with van der Waals surface area (Å²) < 4.78 is 13.5. The average Bonchev–Trinajstić information content (AvgIpc) is 1.58. The number of fused-ring (bicyclic) bond motifs is 6. The second-order valence-electron chi connectivity index (χ2n) is 29.9. The lowest BCUT2D eigenvalue weighted by molar-refractivity contribution is 0.669. The Morgan fingerprint density at radius 3 is 0.811 bits per heavy atom. The number of furan rings is 2. The van der Waals surface area contributed by atoms with Crippen molar-refractivity contribution in [2.45, 2.75) is 0 Å². The van der Waals surface area contributed by atoms with Crippen LogP contribution in [-0.2, 0) is 0 Å². The lowest BCUT2D eigenvalue weighted by atomic mass is 9.93. The summed E-state index contributed by atoms with van der Waals surface area (Å²) in [6, 6.07) is 147. The smallest absolute Gasteiger partial charge is 0.167 e. The van der Waals surface area contributed by atoms with Crippen LogP contribution in [0.3, 0.4) is 0 Å². The molecule has 0 N–H and O–H groups in total. The molecule has 6 heterocycles. The van der Waals surface area contributed by atoms with Crippen molar-refractivity contribution in [1.29, 1.82) is 0 Å². The average molecular weight is 1560 g/mol. The van der Waals surface area contributed by atoms with Gasteiger partial charge in [-0.3, -0.25) is 0 Å². The summed E-state index contributed by atoms with van der Waals surface area (Å²) in [5.74, 6) is 3.76. The SMILES string of the molecule is c1ccc(-c2cc(-c3ccccc3)nc(-c3cccc(-c4ccc(-c5nc(-c6ccccc6)nc(-c6ccccc6)n5)c5oc6ccccc6c45)c3)n2)cc1.c1ccc(-c2cccc(-c3cc(-c4ccc(-c5ccc(-c6ccc(-c7cc(-c8ccccc8)nc(-c8ccccc8)n7)cc6)c6oc7ccccc7c56)cc4)nc(-c4ccccc4)n3)c2)cc1. The number of hydrogen-bond acceptors (Lipinski definition) is 11. The van der Waals surface area contributed by atoms with Crippen molar-refractivity contribution in [3.8, 4) is 180 Å². The van der Waals surface area contributed by atoms with Crippen LogP contribution in [0.15, 0.2) is 440 Å². The molecule has 22 rings (SSSR count). The molecule has 0 bridgehead atoms. The molecule has 0 unspecified atom stereocenters. The highest BCUT2D eigenvalue weighted by atomic mass is 16.3. The van der Waals surface area contributed by atoms with E-state index in [1.54, 1.807) is 0 Å². The molecule has 0 aliphatic heterocycles. The Kier molecular flexibility index (Phi) is 19.4. The van der Waals surface area contributed by atoms with Gasteiger partial charge in [0.2, 0.25) is 0 Å². The van der Waals surface area contributed by atoms with Gasteiger partial charge in [-0.1, -0.05) is 376 Å². The number of benzene rings is 16. The van der Waals surface area contributed by atoms with E-state index in [1.807, 2.05) is 188 Å². The third kappa shape index (κ3) is 14.7. The number of aromatic nitrogens is 9. The molecule has 0 saturated heterocycles. The third-order valence-electron chi connectivity index (χ3n) is 22.1. The Morgan fingerprint density at radius 2 is 0.393 bits per heavy atom. The Hall–Kier alpha value is -16.6. The standard InChI is InChI=1S/C62H40N4O.C49H31N5O/c1-5-16-41(17-6-1)49-24-15-25-50(38-49)57-40-56(65-62(66-57)48-22-11-4-12-23-48)45-32-28-42(29-33-45)51-36-37-52(60-59(51)53-26-13-14-27-58(53)67-60)43-30-34-46(35-31-43)55-39-54(44-18-7-2-8-19-44)63-61(64-55)47-20-9-3-10-21-47;1-5-16-32(17-6-1)41-31-42(33-18-7-2-8-19-33)51-48(50-41)37-25-15-24-36(30-37)38-28-29-40(45-44(38)39-26-13-14-27-43(39)55-45)49-53-46(34-20-9-3-10-21-34)52-47(54-49)35-22-11-4-12-23-35/h1-40H;1-31H. The monoisotopic (exact) mass is 1560 g/mol. The van der Waals surface area contributed by atoms with Gasteiger partial charge in [-0.05, 0) is 93.5 Å². The van der Waals surface area contributed by atoms with Crippen molar-refractivity contribution in [3.63, 3.8) is 0 Å². The molecule has 122 heavy (non-hydrogen) atoms. The summed E-state index contributed by atoms with van der Waals surface area (Å²) in [7, 11) is 0. The minimum Gasteiger partial charge on any atom is -0.455 e. The molecule has 0 spiro atoms. The number of para-hydroxylation sites is 2. The molecule has 0 saturated carbocycles. The lowest BCUT2D eigenvalue weighted by Crippen LogP contribution is -2.00. The fourth-order valence-electron chi connectivity index (χ4n) is 16.0. The predicted octanol–water partition coefficient (Wildman–Crippen LogP) is 28.4. The third-order valence-corrected chi connectivity index (χ3v) is 22.1. The van der Waals surface area contributed by atoms with Crippen molar-refractivity contribution < 1.29 is 8.83 Å². The summed E-state index contributed by atoms with van der Waals surface area (Å²) >= 11 is 0. The summed E-state index contributed by atoms with van der Waals surface area (Å²) in [6.07, 6.45) is 0. The van der Waals surface area contributed by atoms with Crippen LogP contribution in [-0.4, -0.2) is 44.9 Å². The van der Waals surface area contributed by atoms with Crippen LogP contribution in [0, 0.1) is 0 Å². The molecule has 0 aliphatic rings. The first kappa shape index (κ1) is 73.0. The Bertz CT molecular complexity index is 7400. The molecule has 11 heteroatoms. The van der Waals surface area contributed by atoms with Crippen molar-refractivity contribution in [1.82, 2.24) is 44.9 Å². The van der Waals surface area contributed by atoms with Gasteiger partial charge in [-0.25, -0.2) is 44.9 Å². The fraction of sp³-hybridized carbons (Fsp3) is 0. The molecule has 11 nitrogen and oxygen atoms in total. The quantitative estimate of drug-likeness (QED) is 0.0912. The molecule has 0 radical (unpaired) electrons. The number of nitrogens with zero attached hydrogens (tertiary/aromatic N) is 9. The molecule has 572 valence electrons. The van der Waals surface area contributed by atoms with E-state index >= 15 is 0 Å². The van der Waals surface area contributed by atoms with Gasteiger partial charge in [0, 0.05) is 88.3 Å². The summed E-state index contributed by atoms with van der Waals surface area (Å²) in [6.45, 7) is 0. The minimum atomic E-state index is 0.539. The Labute approximate surface area is 704 Å². The number of rotatable bonds is 16. The second-order valence-corrected chi connectivity index (χ2v) is 29.9. The second kappa shape index (κ2) is 32.5. The first-order chi connectivity index (χ1) is 60.4. The van der Waals surface area contributed by atoms with Gasteiger partial charge >= 0.3 is 0 Å². The van der Waals surface area contributed by atoms with Gasteiger partial charge in [0.05, 0.1) is 39.7 Å². The highest BCUT2D eigenvalue weighted by molar-refractivity contribution is 6.17. The van der Waals surface area contributed by atoms with Crippen LogP contribution >= 0.6 is 0 Å². The van der Waals surface area contributed by atoms with Gasteiger partial charge in [-0.15, -0.1) is 0 Å². The molecule has 6 aromatic heterocycles. The number of hydrogen-bond donors (Lipinski definition) is 0. The van der Waals surface area contributed by atoms with Crippen molar-refractivity contribution in [3.05, 3.63) is 431 Å². The van der Waals surface area contributed by atoms with Crippen LogP contribution in [0.25, 0.3) is 224 Å². The maximum Gasteiger partial charge on any atom is 0.167 e. The van der Waals surface area contributed by atoms with Crippen molar-refractivity contribution in [2.24, 2.45) is 0 Å². The topological polar surface area (TPSA) is 142 Å². The summed E-state index contributed by atoms with van der Waals surface area (Å²) in [5, 5.41) is 4.14. The first-order valence-corrected chi connectivity index (χ1v) is 40.6. The van der Waals surface area contributed by atoms with E-state index in [1.165, 1.54) is 0 Å². The largest absolute Gasteiger partial charge is 0.455 e. The van der Waals surface area contributed by atoms with E-state index in [0.29, 0.717) is 40.5 Å². The van der Waals surface area contributed by atoms with E-state index in [4.69, 9.17) is 53.7 Å². The van der Waals surface area contributed by atoms with Gasteiger partial charge in [0.25, 0.3) is 0 Å². The van der Waals surface area contributed by atoms with E-state index in [-0.39, 0.29) is 0 Å². The van der Waals surface area contributed by atoms with Crippen molar-refractivity contribution in [2.75, 3.05) is 0 Å². The molecule has 0 atom stereocenters. The minimum absolute atomic E-state index is 0.539. The maximum absolute atomic E-state index is 6.75. The molecule has 22 aromatic rings. The molecule has 0 fully saturated rings. The predicted molar refractivity (Wildman–Crippen MR) is 495 cm³/mol. The van der Waals surface area contributed by atoms with Crippen LogP contribution < -0.4 is 0 Å². The molecule has 0 aliphatic carbocycles. The fourth-order valence-corrected chi connectivity index (χ4v) is 16.0. The zero-order chi connectivity index (χ0) is 81.1. The zero-order valence-corrected chi connectivity index (χ0v) is 65.8.